The van der Waals surface area contributed by atoms with Crippen LogP contribution in [0.2, 0.25) is 0 Å². The number of benzene rings is 2. The third-order valence-corrected chi connectivity index (χ3v) is 4.91. The molecule has 2 aromatic carbocycles. The minimum absolute atomic E-state index is 0.0318. The quantitative estimate of drug-likeness (QED) is 0.750. The van der Waals surface area contributed by atoms with Crippen molar-refractivity contribution in [3.8, 4) is 0 Å². The Kier molecular flexibility index (Phi) is 5.47. The van der Waals surface area contributed by atoms with Crippen molar-refractivity contribution in [1.82, 2.24) is 0 Å². The molecule has 1 amide bonds. The highest BCUT2D eigenvalue weighted by atomic mass is 19.1. The fourth-order valence-electron chi connectivity index (χ4n) is 3.18. The molecule has 0 saturated heterocycles. The van der Waals surface area contributed by atoms with Gasteiger partial charge in [0.1, 0.15) is 12.4 Å². The summed E-state index contributed by atoms with van der Waals surface area (Å²) in [6.07, 6.45) is 2.21. The first-order valence-electron chi connectivity index (χ1n) is 8.96. The fourth-order valence-corrected chi connectivity index (χ4v) is 3.18. The van der Waals surface area contributed by atoms with Gasteiger partial charge in [0.2, 0.25) is 0 Å². The Morgan fingerprint density at radius 1 is 1.19 bits per heavy atom. The number of hydrogen-bond donors (Lipinski definition) is 2. The fraction of sp³-hybridized carbons (Fsp3) is 0.333. The predicted molar refractivity (Wildman–Crippen MR) is 98.6 cm³/mol. The number of carbonyl (C=O) groups excluding carboxylic acids is 2. The Morgan fingerprint density at radius 3 is 2.50 bits per heavy atom. The molecule has 0 aromatic heterocycles. The van der Waals surface area contributed by atoms with E-state index in [2.05, 4.69) is 5.32 Å². The lowest BCUT2D eigenvalue weighted by Crippen LogP contribution is -3.16. The molecule has 2 atom stereocenters. The van der Waals surface area contributed by atoms with E-state index in [0.29, 0.717) is 23.8 Å². The molecule has 3 rings (SSSR count). The van der Waals surface area contributed by atoms with Crippen molar-refractivity contribution in [2.45, 2.75) is 45.3 Å². The summed E-state index contributed by atoms with van der Waals surface area (Å²) in [5.74, 6) is -0.358. The van der Waals surface area contributed by atoms with Crippen LogP contribution in [0.1, 0.15) is 42.6 Å². The van der Waals surface area contributed by atoms with Crippen LogP contribution >= 0.6 is 0 Å². The number of amides is 1. The Balaban J connectivity index is 1.69. The largest absolute Gasteiger partial charge is 0.321 e. The van der Waals surface area contributed by atoms with Gasteiger partial charge in [-0.05, 0) is 38.1 Å². The van der Waals surface area contributed by atoms with E-state index in [0.717, 1.165) is 18.4 Å². The molecule has 0 aliphatic heterocycles. The van der Waals surface area contributed by atoms with Crippen LogP contribution in [0.15, 0.2) is 48.5 Å². The van der Waals surface area contributed by atoms with Gasteiger partial charge in [-0.15, -0.1) is 0 Å². The maximum atomic E-state index is 13.1. The molecule has 0 heterocycles. The summed E-state index contributed by atoms with van der Waals surface area (Å²) in [7, 11) is 0. The molecule has 1 aliphatic carbocycles. The van der Waals surface area contributed by atoms with Gasteiger partial charge in [-0.25, -0.2) is 4.39 Å². The minimum atomic E-state index is -0.252. The van der Waals surface area contributed by atoms with Gasteiger partial charge in [0.25, 0.3) is 5.91 Å². The van der Waals surface area contributed by atoms with Crippen molar-refractivity contribution < 1.29 is 18.9 Å². The van der Waals surface area contributed by atoms with E-state index in [1.54, 1.807) is 36.4 Å². The monoisotopic (exact) mass is 355 g/mol. The topological polar surface area (TPSA) is 50.6 Å². The zero-order chi connectivity index (χ0) is 18.7. The van der Waals surface area contributed by atoms with Gasteiger partial charge >= 0.3 is 0 Å². The molecule has 0 radical (unpaired) electrons. The molecule has 26 heavy (non-hydrogen) atoms. The SMILES string of the molecule is CC(=O)c1cccc(NC(=O)[C@H](C)[NH+](Cc2ccc(F)cc2)C2CC2)c1. The van der Waals surface area contributed by atoms with E-state index < -0.39 is 0 Å². The lowest BCUT2D eigenvalue weighted by Gasteiger charge is -2.25. The Labute approximate surface area is 153 Å². The van der Waals surface area contributed by atoms with Gasteiger partial charge in [0.15, 0.2) is 11.8 Å². The lowest BCUT2D eigenvalue weighted by molar-refractivity contribution is -0.938. The number of ketones is 1. The van der Waals surface area contributed by atoms with Crippen LogP contribution in [0.5, 0.6) is 0 Å². The lowest BCUT2D eigenvalue weighted by atomic mass is 10.1. The van der Waals surface area contributed by atoms with Crippen molar-refractivity contribution >= 4 is 17.4 Å². The van der Waals surface area contributed by atoms with Gasteiger partial charge in [-0.2, -0.15) is 0 Å². The molecular formula is C21H24FN2O2+. The highest BCUT2D eigenvalue weighted by molar-refractivity contribution is 5.97. The van der Waals surface area contributed by atoms with Crippen molar-refractivity contribution in [1.29, 1.82) is 0 Å². The summed E-state index contributed by atoms with van der Waals surface area (Å²) in [5.41, 5.74) is 2.23. The zero-order valence-electron chi connectivity index (χ0n) is 15.1. The third kappa shape index (κ3) is 4.55. The highest BCUT2D eigenvalue weighted by Gasteiger charge is 2.39. The van der Waals surface area contributed by atoms with Crippen molar-refractivity contribution in [3.05, 3.63) is 65.5 Å². The van der Waals surface area contributed by atoms with E-state index in [1.807, 2.05) is 6.92 Å². The third-order valence-electron chi connectivity index (χ3n) is 4.91. The molecule has 1 fully saturated rings. The Bertz CT molecular complexity index is 800. The number of hydrogen-bond acceptors (Lipinski definition) is 2. The molecule has 1 saturated carbocycles. The summed E-state index contributed by atoms with van der Waals surface area (Å²) in [4.78, 5) is 25.4. The van der Waals surface area contributed by atoms with Crippen molar-refractivity contribution in [2.75, 3.05) is 5.32 Å². The second kappa shape index (κ2) is 7.79. The summed E-state index contributed by atoms with van der Waals surface area (Å²) in [5, 5.41) is 2.92. The molecule has 4 nitrogen and oxygen atoms in total. The van der Waals surface area contributed by atoms with E-state index >= 15 is 0 Å². The molecule has 1 unspecified atom stereocenters. The summed E-state index contributed by atoms with van der Waals surface area (Å²) < 4.78 is 13.1. The van der Waals surface area contributed by atoms with Crippen LogP contribution in [-0.4, -0.2) is 23.8 Å². The van der Waals surface area contributed by atoms with Crippen LogP contribution in [0.25, 0.3) is 0 Å². The van der Waals surface area contributed by atoms with Crippen LogP contribution in [0, 0.1) is 5.82 Å². The van der Waals surface area contributed by atoms with Gasteiger partial charge in [-0.1, -0.05) is 24.3 Å². The summed E-state index contributed by atoms with van der Waals surface area (Å²) in [6, 6.07) is 13.7. The molecular weight excluding hydrogens is 331 g/mol. The number of carbonyl (C=O) groups is 2. The smallest absolute Gasteiger partial charge is 0.282 e. The molecule has 2 N–H and O–H groups in total. The first kappa shape index (κ1) is 18.3. The number of halogens is 1. The standard InChI is InChI=1S/C21H23FN2O2/c1-14(21(26)23-19-5-3-4-17(12-19)15(2)25)24(20-10-11-20)13-16-6-8-18(22)9-7-16/h3-9,12,14,20H,10-11,13H2,1-2H3,(H,23,26)/p+1/t14-/m0/s1. The molecule has 0 bridgehead atoms. The maximum absolute atomic E-state index is 13.1. The molecule has 2 aromatic rings. The summed E-state index contributed by atoms with van der Waals surface area (Å²) in [6.45, 7) is 4.11. The normalized spacial score (nSPS) is 16.0. The second-order valence-corrected chi connectivity index (χ2v) is 7.00. The summed E-state index contributed by atoms with van der Waals surface area (Å²) >= 11 is 0. The van der Waals surface area contributed by atoms with E-state index in [9.17, 15) is 14.0 Å². The zero-order valence-corrected chi connectivity index (χ0v) is 15.1. The molecule has 136 valence electrons. The average molecular weight is 355 g/mol. The average Bonchev–Trinajstić information content (AvgIpc) is 3.46. The highest BCUT2D eigenvalue weighted by Crippen LogP contribution is 2.17. The number of anilines is 1. The van der Waals surface area contributed by atoms with Gasteiger partial charge in [-0.3, -0.25) is 9.59 Å². The maximum Gasteiger partial charge on any atom is 0.282 e. The molecule has 5 heteroatoms. The van der Waals surface area contributed by atoms with E-state index in [-0.39, 0.29) is 23.5 Å². The molecule has 0 spiro atoms. The van der Waals surface area contributed by atoms with Crippen LogP contribution < -0.4 is 10.2 Å². The van der Waals surface area contributed by atoms with Gasteiger partial charge in [0, 0.05) is 29.7 Å². The van der Waals surface area contributed by atoms with E-state index in [1.165, 1.54) is 24.0 Å². The van der Waals surface area contributed by atoms with E-state index in [4.69, 9.17) is 0 Å². The van der Waals surface area contributed by atoms with Crippen LogP contribution in [-0.2, 0) is 11.3 Å². The van der Waals surface area contributed by atoms with Crippen LogP contribution in [0.4, 0.5) is 10.1 Å². The number of nitrogens with one attached hydrogen (secondary N) is 2. The molecule has 1 aliphatic rings. The number of quaternary nitrogens is 1. The van der Waals surface area contributed by atoms with Crippen molar-refractivity contribution in [2.24, 2.45) is 0 Å². The van der Waals surface area contributed by atoms with Gasteiger partial charge < -0.3 is 10.2 Å². The predicted octanol–water partition coefficient (Wildman–Crippen LogP) is 2.60. The minimum Gasteiger partial charge on any atom is -0.321 e. The van der Waals surface area contributed by atoms with Crippen molar-refractivity contribution in [3.63, 3.8) is 0 Å². The number of Topliss-reactive ketones (excluding diaryl/α,β-unsaturated/α-hetero) is 1. The van der Waals surface area contributed by atoms with Gasteiger partial charge in [0.05, 0.1) is 6.04 Å². The second-order valence-electron chi connectivity index (χ2n) is 7.00. The first-order chi connectivity index (χ1) is 12.4. The van der Waals surface area contributed by atoms with Crippen LogP contribution in [0.3, 0.4) is 0 Å². The first-order valence-corrected chi connectivity index (χ1v) is 8.96. The Hall–Kier alpha value is -2.53. The Morgan fingerprint density at radius 2 is 1.88 bits per heavy atom. The number of rotatable bonds is 7.